The van der Waals surface area contributed by atoms with Crippen LogP contribution in [0.5, 0.6) is 0 Å². The Bertz CT molecular complexity index is 635. The number of imidazole rings is 1. The van der Waals surface area contributed by atoms with Crippen molar-refractivity contribution in [2.75, 3.05) is 6.54 Å². The number of amides is 1. The van der Waals surface area contributed by atoms with E-state index in [1.165, 1.54) is 5.56 Å². The maximum absolute atomic E-state index is 12.2. The second-order valence-corrected chi connectivity index (χ2v) is 6.83. The summed E-state index contributed by atoms with van der Waals surface area (Å²) in [7, 11) is 0. The molecule has 1 aromatic heterocycles. The Morgan fingerprint density at radius 1 is 1.22 bits per heavy atom. The molecule has 0 fully saturated rings. The molecule has 0 bridgehead atoms. The molecular formula is C19H27N3O. The molecule has 0 saturated heterocycles. The van der Waals surface area contributed by atoms with E-state index in [9.17, 15) is 4.79 Å². The van der Waals surface area contributed by atoms with Crippen molar-refractivity contribution in [3.05, 3.63) is 53.6 Å². The van der Waals surface area contributed by atoms with Crippen molar-refractivity contribution in [1.82, 2.24) is 14.9 Å². The Morgan fingerprint density at radius 2 is 1.91 bits per heavy atom. The van der Waals surface area contributed by atoms with Crippen molar-refractivity contribution in [1.29, 1.82) is 0 Å². The minimum absolute atomic E-state index is 0.00759. The monoisotopic (exact) mass is 313 g/mol. The van der Waals surface area contributed by atoms with Gasteiger partial charge in [-0.3, -0.25) is 4.79 Å². The minimum atomic E-state index is -0.00759. The zero-order valence-corrected chi connectivity index (χ0v) is 14.6. The maximum atomic E-state index is 12.2. The molecule has 0 aliphatic rings. The molecule has 4 nitrogen and oxygen atoms in total. The van der Waals surface area contributed by atoms with Gasteiger partial charge in [-0.1, -0.05) is 39.8 Å². The largest absolute Gasteiger partial charge is 0.352 e. The van der Waals surface area contributed by atoms with Crippen molar-refractivity contribution >= 4 is 5.91 Å². The van der Waals surface area contributed by atoms with E-state index < -0.39 is 0 Å². The number of aryl methyl sites for hydroxylation is 2. The highest BCUT2D eigenvalue weighted by atomic mass is 16.1. The third-order valence-corrected chi connectivity index (χ3v) is 3.99. The van der Waals surface area contributed by atoms with Crippen LogP contribution in [0.2, 0.25) is 0 Å². The Balaban J connectivity index is 1.81. The molecule has 0 saturated carbocycles. The van der Waals surface area contributed by atoms with Gasteiger partial charge in [0.25, 0.3) is 5.91 Å². The third kappa shape index (κ3) is 4.68. The van der Waals surface area contributed by atoms with E-state index in [2.05, 4.69) is 42.6 Å². The fourth-order valence-corrected chi connectivity index (χ4v) is 2.53. The predicted molar refractivity (Wildman–Crippen MR) is 93.7 cm³/mol. The third-order valence-electron chi connectivity index (χ3n) is 3.99. The molecule has 1 heterocycles. The van der Waals surface area contributed by atoms with Gasteiger partial charge in [0.15, 0.2) is 0 Å². The molecule has 2 aromatic rings. The van der Waals surface area contributed by atoms with Crippen molar-refractivity contribution < 1.29 is 4.79 Å². The lowest BCUT2D eigenvalue weighted by Gasteiger charge is -2.19. The number of nitrogens with zero attached hydrogens (tertiary/aromatic N) is 2. The first-order valence-corrected chi connectivity index (χ1v) is 8.30. The lowest BCUT2D eigenvalue weighted by atomic mass is 9.87. The molecule has 1 N–H and O–H groups in total. The number of hydrogen-bond donors (Lipinski definition) is 1. The van der Waals surface area contributed by atoms with Crippen LogP contribution >= 0.6 is 0 Å². The lowest BCUT2D eigenvalue weighted by Crippen LogP contribution is -2.25. The summed E-state index contributed by atoms with van der Waals surface area (Å²) in [6.45, 7) is 10.2. The number of benzene rings is 1. The van der Waals surface area contributed by atoms with Gasteiger partial charge in [0.2, 0.25) is 0 Å². The molecule has 0 spiro atoms. The van der Waals surface area contributed by atoms with Gasteiger partial charge in [-0.05, 0) is 29.5 Å². The van der Waals surface area contributed by atoms with Gasteiger partial charge in [-0.25, -0.2) is 4.98 Å². The second kappa shape index (κ2) is 7.44. The Kier molecular flexibility index (Phi) is 5.59. The summed E-state index contributed by atoms with van der Waals surface area (Å²) in [4.78, 5) is 16.5. The first-order chi connectivity index (χ1) is 10.9. The molecule has 0 atom stereocenters. The zero-order chi connectivity index (χ0) is 16.9. The van der Waals surface area contributed by atoms with E-state index >= 15 is 0 Å². The standard InChI is InChI=1S/C19H27N3O/c1-5-17-20-12-14-22(17)13-6-11-21-18(23)15-7-9-16(10-8-15)19(2,3)4/h7-10,12,14H,5-6,11,13H2,1-4H3,(H,21,23). The van der Waals surface area contributed by atoms with Crippen LogP contribution in [0.25, 0.3) is 0 Å². The van der Waals surface area contributed by atoms with Crippen LogP contribution in [0.1, 0.15) is 55.9 Å². The molecule has 1 aromatic carbocycles. The highest BCUT2D eigenvalue weighted by molar-refractivity contribution is 5.94. The van der Waals surface area contributed by atoms with E-state index in [1.54, 1.807) is 0 Å². The lowest BCUT2D eigenvalue weighted by molar-refractivity contribution is 0.0952. The number of carbonyl (C=O) groups excluding carboxylic acids is 1. The summed E-state index contributed by atoms with van der Waals surface area (Å²) in [5.74, 6) is 1.08. The van der Waals surface area contributed by atoms with Crippen LogP contribution in [0.4, 0.5) is 0 Å². The van der Waals surface area contributed by atoms with Crippen LogP contribution in [0.3, 0.4) is 0 Å². The summed E-state index contributed by atoms with van der Waals surface area (Å²) in [6, 6.07) is 7.88. The molecule has 0 unspecified atom stereocenters. The summed E-state index contributed by atoms with van der Waals surface area (Å²) in [5.41, 5.74) is 2.06. The first kappa shape index (κ1) is 17.3. The SMILES string of the molecule is CCc1nccn1CCCNC(=O)c1ccc(C(C)(C)C)cc1. The van der Waals surface area contributed by atoms with E-state index in [0.29, 0.717) is 6.54 Å². The van der Waals surface area contributed by atoms with Gasteiger partial charge < -0.3 is 9.88 Å². The number of nitrogens with one attached hydrogen (secondary N) is 1. The summed E-state index contributed by atoms with van der Waals surface area (Å²) < 4.78 is 2.14. The number of carbonyl (C=O) groups is 1. The van der Waals surface area contributed by atoms with Gasteiger partial charge in [0.1, 0.15) is 5.82 Å². The van der Waals surface area contributed by atoms with Gasteiger partial charge in [-0.15, -0.1) is 0 Å². The van der Waals surface area contributed by atoms with E-state index in [0.717, 1.165) is 30.8 Å². The number of hydrogen-bond acceptors (Lipinski definition) is 2. The summed E-state index contributed by atoms with van der Waals surface area (Å²) >= 11 is 0. The van der Waals surface area contributed by atoms with Crippen molar-refractivity contribution in [3.63, 3.8) is 0 Å². The molecule has 0 aliphatic carbocycles. The van der Waals surface area contributed by atoms with Crippen LogP contribution in [-0.4, -0.2) is 22.0 Å². The van der Waals surface area contributed by atoms with Gasteiger partial charge >= 0.3 is 0 Å². The molecule has 124 valence electrons. The molecule has 2 rings (SSSR count). The molecule has 0 radical (unpaired) electrons. The summed E-state index contributed by atoms with van der Waals surface area (Å²) in [5, 5.41) is 2.98. The van der Waals surface area contributed by atoms with Crippen LogP contribution in [0.15, 0.2) is 36.7 Å². The molecule has 0 aliphatic heterocycles. The maximum Gasteiger partial charge on any atom is 0.251 e. The van der Waals surface area contributed by atoms with Crippen LogP contribution < -0.4 is 5.32 Å². The second-order valence-electron chi connectivity index (χ2n) is 6.83. The Morgan fingerprint density at radius 3 is 2.52 bits per heavy atom. The van der Waals surface area contributed by atoms with Gasteiger partial charge in [0, 0.05) is 37.5 Å². The van der Waals surface area contributed by atoms with E-state index in [-0.39, 0.29) is 11.3 Å². The fraction of sp³-hybridized carbons (Fsp3) is 0.474. The normalized spacial score (nSPS) is 11.5. The zero-order valence-electron chi connectivity index (χ0n) is 14.6. The number of rotatable bonds is 6. The smallest absolute Gasteiger partial charge is 0.251 e. The first-order valence-electron chi connectivity index (χ1n) is 8.30. The molecule has 4 heteroatoms. The minimum Gasteiger partial charge on any atom is -0.352 e. The van der Waals surface area contributed by atoms with Crippen molar-refractivity contribution in [3.8, 4) is 0 Å². The topological polar surface area (TPSA) is 46.9 Å². The molecular weight excluding hydrogens is 286 g/mol. The van der Waals surface area contributed by atoms with E-state index in [1.807, 2.05) is 36.7 Å². The Hall–Kier alpha value is -2.10. The quantitative estimate of drug-likeness (QED) is 0.829. The Labute approximate surface area is 138 Å². The van der Waals surface area contributed by atoms with Gasteiger partial charge in [-0.2, -0.15) is 0 Å². The fourth-order valence-electron chi connectivity index (χ4n) is 2.53. The van der Waals surface area contributed by atoms with Crippen LogP contribution in [-0.2, 0) is 18.4 Å². The van der Waals surface area contributed by atoms with Crippen molar-refractivity contribution in [2.24, 2.45) is 0 Å². The predicted octanol–water partition coefficient (Wildman–Crippen LogP) is 3.56. The average molecular weight is 313 g/mol. The van der Waals surface area contributed by atoms with E-state index in [4.69, 9.17) is 0 Å². The molecule has 23 heavy (non-hydrogen) atoms. The van der Waals surface area contributed by atoms with Crippen molar-refractivity contribution in [2.45, 2.75) is 52.5 Å². The highest BCUT2D eigenvalue weighted by Gasteiger charge is 2.14. The van der Waals surface area contributed by atoms with Gasteiger partial charge in [0.05, 0.1) is 0 Å². The highest BCUT2D eigenvalue weighted by Crippen LogP contribution is 2.22. The summed E-state index contributed by atoms with van der Waals surface area (Å²) in [6.07, 6.45) is 5.65. The number of aromatic nitrogens is 2. The average Bonchev–Trinajstić information content (AvgIpc) is 2.98. The molecule has 1 amide bonds. The van der Waals surface area contributed by atoms with Crippen LogP contribution in [0, 0.1) is 0 Å².